The first kappa shape index (κ1) is 18.3. The molecule has 1 aromatic heterocycles. The molecule has 0 aliphatic heterocycles. The minimum absolute atomic E-state index is 0.0379. The molecule has 3 N–H and O–H groups in total. The number of anilines is 1. The predicted octanol–water partition coefficient (Wildman–Crippen LogP) is 1.08. The molecule has 1 atom stereocenters. The first-order valence-corrected chi connectivity index (χ1v) is 9.96. The zero-order valence-corrected chi connectivity index (χ0v) is 15.3. The van der Waals surface area contributed by atoms with Crippen molar-refractivity contribution in [1.82, 2.24) is 15.0 Å². The monoisotopic (exact) mass is 374 g/mol. The van der Waals surface area contributed by atoms with Gasteiger partial charge in [0.05, 0.1) is 4.90 Å². The summed E-state index contributed by atoms with van der Waals surface area (Å²) in [4.78, 5) is 15.6. The number of amides is 1. The van der Waals surface area contributed by atoms with Crippen molar-refractivity contribution in [1.29, 1.82) is 0 Å². The molecule has 0 bridgehead atoms. The smallest absolute Gasteiger partial charge is 0.240 e. The average Bonchev–Trinajstić information content (AvgIpc) is 3.00. The van der Waals surface area contributed by atoms with E-state index in [-0.39, 0.29) is 23.4 Å². The Bertz CT molecular complexity index is 885. The number of hydrogen-bond acceptors (Lipinski definition) is 5. The van der Waals surface area contributed by atoms with Crippen LogP contribution in [-0.4, -0.2) is 38.4 Å². The van der Waals surface area contributed by atoms with Crippen molar-refractivity contribution in [2.75, 3.05) is 18.4 Å². The molecule has 26 heavy (non-hydrogen) atoms. The maximum absolute atomic E-state index is 12.5. The van der Waals surface area contributed by atoms with Crippen molar-refractivity contribution < 1.29 is 13.2 Å². The van der Waals surface area contributed by atoms with Gasteiger partial charge in [-0.3, -0.25) is 4.79 Å². The molecule has 1 aromatic carbocycles. The number of fused-ring (bicyclic) bond motifs is 1. The Kier molecular flexibility index (Phi) is 5.53. The molecule has 8 heteroatoms. The Morgan fingerprint density at radius 3 is 2.69 bits per heavy atom. The van der Waals surface area contributed by atoms with E-state index in [9.17, 15) is 13.2 Å². The van der Waals surface area contributed by atoms with Gasteiger partial charge in [0, 0.05) is 32.3 Å². The molecule has 0 saturated carbocycles. The van der Waals surface area contributed by atoms with Crippen LogP contribution in [0, 0.1) is 0 Å². The number of aromatic nitrogens is 1. The lowest BCUT2D eigenvalue weighted by Crippen LogP contribution is -2.33. The van der Waals surface area contributed by atoms with Gasteiger partial charge in [-0.05, 0) is 48.2 Å². The van der Waals surface area contributed by atoms with Crippen molar-refractivity contribution in [3.63, 3.8) is 0 Å². The number of benzene rings is 1. The molecule has 1 heterocycles. The van der Waals surface area contributed by atoms with Crippen LogP contribution in [-0.2, 0) is 27.7 Å². The van der Waals surface area contributed by atoms with Crippen molar-refractivity contribution in [2.24, 2.45) is 0 Å². The summed E-state index contributed by atoms with van der Waals surface area (Å²) in [7, 11) is -3.57. The summed E-state index contributed by atoms with van der Waals surface area (Å²) in [5.41, 5.74) is 2.05. The van der Waals surface area contributed by atoms with Crippen LogP contribution in [0.3, 0.4) is 0 Å². The summed E-state index contributed by atoms with van der Waals surface area (Å²) >= 11 is 0. The van der Waals surface area contributed by atoms with Gasteiger partial charge in [-0.2, -0.15) is 0 Å². The molecule has 2 aromatic rings. The Balaban J connectivity index is 1.57. The number of pyridine rings is 1. The molecular weight excluding hydrogens is 352 g/mol. The maximum atomic E-state index is 12.5. The third kappa shape index (κ3) is 4.59. The number of rotatable bonds is 7. The highest BCUT2D eigenvalue weighted by atomic mass is 32.2. The molecule has 0 radical (unpaired) electrons. The molecule has 1 amide bonds. The summed E-state index contributed by atoms with van der Waals surface area (Å²) in [6.45, 7) is 2.18. The number of hydrogen-bond donors (Lipinski definition) is 3. The first-order chi connectivity index (χ1) is 12.4. The molecule has 0 unspecified atom stereocenters. The SMILES string of the molecule is CC(=O)N[C@H]1Cc2ccc(S(=O)(=O)NCCNc3ccccn3)cc2C1. The van der Waals surface area contributed by atoms with E-state index in [0.29, 0.717) is 18.8 Å². The second kappa shape index (κ2) is 7.84. The number of carbonyl (C=O) groups excluding carboxylic acids is 1. The summed E-state index contributed by atoms with van der Waals surface area (Å²) < 4.78 is 27.5. The summed E-state index contributed by atoms with van der Waals surface area (Å²) in [5, 5.41) is 5.94. The van der Waals surface area contributed by atoms with E-state index in [0.717, 1.165) is 17.5 Å². The van der Waals surface area contributed by atoms with Gasteiger partial charge in [0.15, 0.2) is 0 Å². The van der Waals surface area contributed by atoms with Gasteiger partial charge in [0.2, 0.25) is 15.9 Å². The second-order valence-corrected chi connectivity index (χ2v) is 8.04. The highest BCUT2D eigenvalue weighted by Gasteiger charge is 2.24. The maximum Gasteiger partial charge on any atom is 0.240 e. The van der Waals surface area contributed by atoms with Gasteiger partial charge in [-0.15, -0.1) is 0 Å². The van der Waals surface area contributed by atoms with Crippen LogP contribution in [0.1, 0.15) is 18.1 Å². The molecule has 1 aliphatic carbocycles. The quantitative estimate of drug-likeness (QED) is 0.630. The van der Waals surface area contributed by atoms with Gasteiger partial charge >= 0.3 is 0 Å². The van der Waals surface area contributed by atoms with Gasteiger partial charge < -0.3 is 10.6 Å². The fraction of sp³-hybridized carbons (Fsp3) is 0.333. The normalized spacial score (nSPS) is 16.1. The fourth-order valence-corrected chi connectivity index (χ4v) is 4.16. The van der Waals surface area contributed by atoms with Gasteiger partial charge in [-0.1, -0.05) is 12.1 Å². The Morgan fingerprint density at radius 1 is 1.15 bits per heavy atom. The number of nitrogens with one attached hydrogen (secondary N) is 3. The molecule has 0 saturated heterocycles. The van der Waals surface area contributed by atoms with E-state index in [2.05, 4.69) is 20.3 Å². The van der Waals surface area contributed by atoms with E-state index in [4.69, 9.17) is 0 Å². The Labute approximate surface area is 153 Å². The highest BCUT2D eigenvalue weighted by molar-refractivity contribution is 7.89. The Hall–Kier alpha value is -2.45. The summed E-state index contributed by atoms with van der Waals surface area (Å²) in [5.74, 6) is 0.631. The summed E-state index contributed by atoms with van der Waals surface area (Å²) in [6, 6.07) is 10.7. The molecule has 3 rings (SSSR count). The highest BCUT2D eigenvalue weighted by Crippen LogP contribution is 2.25. The topological polar surface area (TPSA) is 100 Å². The van der Waals surface area contributed by atoms with Crippen LogP contribution >= 0.6 is 0 Å². The van der Waals surface area contributed by atoms with Crippen LogP contribution in [0.15, 0.2) is 47.5 Å². The molecule has 1 aliphatic rings. The molecular formula is C18H22N4O3S. The largest absolute Gasteiger partial charge is 0.369 e. The van der Waals surface area contributed by atoms with Crippen molar-refractivity contribution in [3.8, 4) is 0 Å². The molecule has 138 valence electrons. The molecule has 0 spiro atoms. The van der Waals surface area contributed by atoms with Crippen LogP contribution in [0.5, 0.6) is 0 Å². The minimum Gasteiger partial charge on any atom is -0.369 e. The summed E-state index contributed by atoms with van der Waals surface area (Å²) in [6.07, 6.45) is 3.06. The van der Waals surface area contributed by atoms with Crippen LogP contribution in [0.4, 0.5) is 5.82 Å². The van der Waals surface area contributed by atoms with Crippen LogP contribution < -0.4 is 15.4 Å². The van der Waals surface area contributed by atoms with Crippen molar-refractivity contribution in [3.05, 3.63) is 53.7 Å². The van der Waals surface area contributed by atoms with Crippen molar-refractivity contribution >= 4 is 21.7 Å². The number of carbonyl (C=O) groups is 1. The number of nitrogens with zero attached hydrogens (tertiary/aromatic N) is 1. The lowest BCUT2D eigenvalue weighted by molar-refractivity contribution is -0.119. The molecule has 7 nitrogen and oxygen atoms in total. The Morgan fingerprint density at radius 2 is 1.96 bits per heavy atom. The van der Waals surface area contributed by atoms with Gasteiger partial charge in [-0.25, -0.2) is 18.1 Å². The van der Waals surface area contributed by atoms with E-state index in [1.165, 1.54) is 6.92 Å². The standard InChI is InChI=1S/C18H22N4O3S/c1-13(23)22-16-10-14-5-6-17(12-15(14)11-16)26(24,25)21-9-8-20-18-4-2-3-7-19-18/h2-7,12,16,21H,8-11H2,1H3,(H,19,20)(H,22,23)/t16-/m0/s1. The van der Waals surface area contributed by atoms with Gasteiger partial charge in [0.1, 0.15) is 5.82 Å². The van der Waals surface area contributed by atoms with E-state index in [1.807, 2.05) is 24.3 Å². The first-order valence-electron chi connectivity index (χ1n) is 8.47. The zero-order valence-electron chi connectivity index (χ0n) is 14.5. The van der Waals surface area contributed by atoms with E-state index in [1.54, 1.807) is 18.3 Å². The predicted molar refractivity (Wildman–Crippen MR) is 99.4 cm³/mol. The third-order valence-corrected chi connectivity index (χ3v) is 5.67. The lowest BCUT2D eigenvalue weighted by atomic mass is 10.1. The van der Waals surface area contributed by atoms with E-state index < -0.39 is 10.0 Å². The lowest BCUT2D eigenvalue weighted by Gasteiger charge is -2.09. The zero-order chi connectivity index (χ0) is 18.6. The minimum atomic E-state index is -3.57. The van der Waals surface area contributed by atoms with Gasteiger partial charge in [0.25, 0.3) is 0 Å². The number of sulfonamides is 1. The van der Waals surface area contributed by atoms with Crippen LogP contribution in [0.2, 0.25) is 0 Å². The molecule has 0 fully saturated rings. The van der Waals surface area contributed by atoms with Crippen molar-refractivity contribution in [2.45, 2.75) is 30.7 Å². The van der Waals surface area contributed by atoms with E-state index >= 15 is 0 Å². The second-order valence-electron chi connectivity index (χ2n) is 6.28. The fourth-order valence-electron chi connectivity index (χ4n) is 3.08. The van der Waals surface area contributed by atoms with Crippen LogP contribution in [0.25, 0.3) is 0 Å². The third-order valence-electron chi connectivity index (χ3n) is 4.22. The average molecular weight is 374 g/mol.